The zero-order chi connectivity index (χ0) is 12.8. The van der Waals surface area contributed by atoms with E-state index in [-0.39, 0.29) is 12.6 Å². The maximum atomic E-state index is 9.07. The molecule has 0 aliphatic carbocycles. The molecule has 1 aromatic carbocycles. The monoisotopic (exact) mass is 245 g/mol. The molecule has 0 saturated heterocycles. The fraction of sp³-hybridized carbons (Fsp3) is 0.357. The first kappa shape index (κ1) is 12.8. The summed E-state index contributed by atoms with van der Waals surface area (Å²) in [5.41, 5.74) is 8.04. The van der Waals surface area contributed by atoms with E-state index < -0.39 is 0 Å². The molecule has 2 aromatic rings. The number of aliphatic hydroxyl groups excluding tert-OH is 1. The van der Waals surface area contributed by atoms with Gasteiger partial charge in [0.1, 0.15) is 0 Å². The van der Waals surface area contributed by atoms with Gasteiger partial charge in [-0.2, -0.15) is 0 Å². The summed E-state index contributed by atoms with van der Waals surface area (Å²) in [7, 11) is 0. The van der Waals surface area contributed by atoms with Crippen molar-refractivity contribution in [2.45, 2.75) is 25.4 Å². The van der Waals surface area contributed by atoms with Gasteiger partial charge in [-0.25, -0.2) is 4.98 Å². The van der Waals surface area contributed by atoms with Crippen LogP contribution in [0.3, 0.4) is 0 Å². The summed E-state index contributed by atoms with van der Waals surface area (Å²) in [4.78, 5) is 4.09. The first-order valence-electron chi connectivity index (χ1n) is 6.21. The molecule has 3 N–H and O–H groups in total. The summed E-state index contributed by atoms with van der Waals surface area (Å²) < 4.78 is 2.02. The largest absolute Gasteiger partial charge is 0.394 e. The fourth-order valence-corrected chi connectivity index (χ4v) is 2.02. The van der Waals surface area contributed by atoms with Crippen LogP contribution in [0.15, 0.2) is 42.9 Å². The molecule has 0 aliphatic rings. The van der Waals surface area contributed by atoms with E-state index in [9.17, 15) is 0 Å². The van der Waals surface area contributed by atoms with Crippen LogP contribution in [0.4, 0.5) is 0 Å². The normalized spacial score (nSPS) is 12.6. The number of nitrogens with zero attached hydrogens (tertiary/aromatic N) is 2. The number of hydrogen-bond donors (Lipinski definition) is 2. The Balaban J connectivity index is 1.89. The van der Waals surface area contributed by atoms with Gasteiger partial charge in [0, 0.05) is 12.7 Å². The van der Waals surface area contributed by atoms with Crippen molar-refractivity contribution in [1.82, 2.24) is 9.55 Å². The molecular formula is C14H19N3O. The molecule has 96 valence electrons. The van der Waals surface area contributed by atoms with Crippen molar-refractivity contribution in [3.8, 4) is 0 Å². The number of imidazole rings is 1. The molecule has 0 aliphatic heterocycles. The SMILES string of the molecule is NC(CO)c1cncn1CCCc1ccccc1. The molecule has 18 heavy (non-hydrogen) atoms. The molecule has 1 atom stereocenters. The van der Waals surface area contributed by atoms with Crippen LogP contribution in [0.5, 0.6) is 0 Å². The number of aliphatic hydroxyl groups is 1. The van der Waals surface area contributed by atoms with E-state index in [0.29, 0.717) is 0 Å². The number of benzene rings is 1. The summed E-state index contributed by atoms with van der Waals surface area (Å²) in [6.07, 6.45) is 5.57. The molecule has 1 aromatic heterocycles. The molecular weight excluding hydrogens is 226 g/mol. The van der Waals surface area contributed by atoms with E-state index in [2.05, 4.69) is 29.2 Å². The highest BCUT2D eigenvalue weighted by molar-refractivity contribution is 5.14. The molecule has 0 radical (unpaired) electrons. The highest BCUT2D eigenvalue weighted by atomic mass is 16.3. The smallest absolute Gasteiger partial charge is 0.0948 e. The zero-order valence-electron chi connectivity index (χ0n) is 10.4. The van der Waals surface area contributed by atoms with Crippen LogP contribution < -0.4 is 5.73 Å². The van der Waals surface area contributed by atoms with Crippen molar-refractivity contribution in [2.75, 3.05) is 6.61 Å². The van der Waals surface area contributed by atoms with Gasteiger partial charge in [0.15, 0.2) is 0 Å². The Kier molecular flexibility index (Phi) is 4.50. The predicted octanol–water partition coefficient (Wildman–Crippen LogP) is 1.51. The van der Waals surface area contributed by atoms with E-state index in [1.54, 1.807) is 12.5 Å². The zero-order valence-corrected chi connectivity index (χ0v) is 10.4. The Labute approximate surface area is 107 Å². The highest BCUT2D eigenvalue weighted by Crippen LogP contribution is 2.11. The average Bonchev–Trinajstić information content (AvgIpc) is 2.87. The van der Waals surface area contributed by atoms with Crippen molar-refractivity contribution in [3.05, 3.63) is 54.1 Å². The summed E-state index contributed by atoms with van der Waals surface area (Å²) in [5.74, 6) is 0. The van der Waals surface area contributed by atoms with E-state index in [1.165, 1.54) is 5.56 Å². The Hall–Kier alpha value is -1.65. The summed E-state index contributed by atoms with van der Waals surface area (Å²) in [6.45, 7) is 0.822. The van der Waals surface area contributed by atoms with Gasteiger partial charge < -0.3 is 15.4 Å². The number of nitrogens with two attached hydrogens (primary N) is 1. The van der Waals surface area contributed by atoms with Gasteiger partial charge in [-0.1, -0.05) is 30.3 Å². The summed E-state index contributed by atoms with van der Waals surface area (Å²) in [6, 6.07) is 10.1. The topological polar surface area (TPSA) is 64.1 Å². The third kappa shape index (κ3) is 3.18. The number of rotatable bonds is 6. The van der Waals surface area contributed by atoms with Crippen LogP contribution in [0.1, 0.15) is 23.7 Å². The van der Waals surface area contributed by atoms with Crippen LogP contribution in [-0.2, 0) is 13.0 Å². The van der Waals surface area contributed by atoms with Crippen LogP contribution in [0.2, 0.25) is 0 Å². The van der Waals surface area contributed by atoms with Crippen molar-refractivity contribution < 1.29 is 5.11 Å². The Morgan fingerprint density at radius 1 is 1.28 bits per heavy atom. The first-order valence-corrected chi connectivity index (χ1v) is 6.21. The van der Waals surface area contributed by atoms with Gasteiger partial charge >= 0.3 is 0 Å². The van der Waals surface area contributed by atoms with Crippen molar-refractivity contribution in [3.63, 3.8) is 0 Å². The molecule has 2 rings (SSSR count). The van der Waals surface area contributed by atoms with Gasteiger partial charge in [-0.3, -0.25) is 0 Å². The molecule has 1 heterocycles. The number of hydrogen-bond acceptors (Lipinski definition) is 3. The maximum absolute atomic E-state index is 9.07. The lowest BCUT2D eigenvalue weighted by Crippen LogP contribution is -2.18. The molecule has 4 heteroatoms. The van der Waals surface area contributed by atoms with Crippen molar-refractivity contribution in [1.29, 1.82) is 0 Å². The van der Waals surface area contributed by atoms with Crippen molar-refractivity contribution in [2.24, 2.45) is 5.73 Å². The lowest BCUT2D eigenvalue weighted by molar-refractivity contribution is 0.263. The fourth-order valence-electron chi connectivity index (χ4n) is 2.02. The maximum Gasteiger partial charge on any atom is 0.0948 e. The molecule has 4 nitrogen and oxygen atoms in total. The van der Waals surface area contributed by atoms with Crippen LogP contribution in [-0.4, -0.2) is 21.3 Å². The van der Waals surface area contributed by atoms with Crippen LogP contribution >= 0.6 is 0 Å². The second-order valence-corrected chi connectivity index (χ2v) is 4.39. The van der Waals surface area contributed by atoms with Crippen molar-refractivity contribution >= 4 is 0 Å². The molecule has 0 bridgehead atoms. The number of aryl methyl sites for hydroxylation is 2. The quantitative estimate of drug-likeness (QED) is 0.810. The van der Waals surface area contributed by atoms with E-state index >= 15 is 0 Å². The average molecular weight is 245 g/mol. The summed E-state index contributed by atoms with van der Waals surface area (Å²) in [5, 5.41) is 9.07. The third-order valence-corrected chi connectivity index (χ3v) is 3.03. The molecule has 1 unspecified atom stereocenters. The Bertz CT molecular complexity index is 467. The molecule has 0 fully saturated rings. The predicted molar refractivity (Wildman–Crippen MR) is 71.0 cm³/mol. The lowest BCUT2D eigenvalue weighted by Gasteiger charge is -2.12. The van der Waals surface area contributed by atoms with E-state index in [1.807, 2.05) is 10.6 Å². The Morgan fingerprint density at radius 2 is 2.06 bits per heavy atom. The standard InChI is InChI=1S/C14H19N3O/c15-13(10-18)14-9-16-11-17(14)8-4-7-12-5-2-1-3-6-12/h1-3,5-6,9,11,13,18H,4,7-8,10,15H2. The lowest BCUT2D eigenvalue weighted by atomic mass is 10.1. The molecule has 0 spiro atoms. The van der Waals surface area contributed by atoms with Crippen LogP contribution in [0.25, 0.3) is 0 Å². The van der Waals surface area contributed by atoms with E-state index in [4.69, 9.17) is 10.8 Å². The van der Waals surface area contributed by atoms with Gasteiger partial charge in [0.05, 0.1) is 24.7 Å². The minimum atomic E-state index is -0.343. The third-order valence-electron chi connectivity index (χ3n) is 3.03. The van der Waals surface area contributed by atoms with Gasteiger partial charge in [0.2, 0.25) is 0 Å². The first-order chi connectivity index (χ1) is 8.81. The number of aromatic nitrogens is 2. The molecule has 0 amide bonds. The minimum absolute atomic E-state index is 0.0512. The van der Waals surface area contributed by atoms with Gasteiger partial charge in [-0.05, 0) is 18.4 Å². The van der Waals surface area contributed by atoms with Gasteiger partial charge in [0.25, 0.3) is 0 Å². The van der Waals surface area contributed by atoms with Crippen LogP contribution in [0, 0.1) is 0 Å². The molecule has 0 saturated carbocycles. The highest BCUT2D eigenvalue weighted by Gasteiger charge is 2.09. The Morgan fingerprint density at radius 3 is 2.78 bits per heavy atom. The van der Waals surface area contributed by atoms with Gasteiger partial charge in [-0.15, -0.1) is 0 Å². The second-order valence-electron chi connectivity index (χ2n) is 4.39. The summed E-state index contributed by atoms with van der Waals surface area (Å²) >= 11 is 0. The minimum Gasteiger partial charge on any atom is -0.394 e. The second kappa shape index (κ2) is 6.33. The van der Waals surface area contributed by atoms with E-state index in [0.717, 1.165) is 25.1 Å².